The monoisotopic (exact) mass is 498 g/mol. The van der Waals surface area contributed by atoms with Gasteiger partial charge in [0.1, 0.15) is 6.04 Å². The van der Waals surface area contributed by atoms with Gasteiger partial charge in [-0.3, -0.25) is 9.59 Å². The summed E-state index contributed by atoms with van der Waals surface area (Å²) < 4.78 is 0. The fraction of sp³-hybridized carbons (Fsp3) is 0.357. The van der Waals surface area contributed by atoms with Crippen LogP contribution in [-0.2, 0) is 22.6 Å². The molecule has 0 bridgehead atoms. The van der Waals surface area contributed by atoms with E-state index < -0.39 is 6.04 Å². The lowest BCUT2D eigenvalue weighted by Gasteiger charge is -2.31. The molecular weight excluding hydrogens is 467 g/mol. The number of hydrogen-bond acceptors (Lipinski definition) is 2. The maximum atomic E-state index is 13.6. The second-order valence-electron chi connectivity index (χ2n) is 8.96. The van der Waals surface area contributed by atoms with Gasteiger partial charge in [0, 0.05) is 29.6 Å². The van der Waals surface area contributed by atoms with Gasteiger partial charge in [-0.25, -0.2) is 0 Å². The molecule has 3 aromatic carbocycles. The molecule has 0 fully saturated rings. The number of amides is 2. The van der Waals surface area contributed by atoms with E-state index in [1.165, 1.54) is 0 Å². The van der Waals surface area contributed by atoms with Gasteiger partial charge >= 0.3 is 0 Å². The molecule has 34 heavy (non-hydrogen) atoms. The maximum Gasteiger partial charge on any atom is 0.242 e. The second kappa shape index (κ2) is 12.2. The number of aryl methyl sites for hydroxylation is 1. The summed E-state index contributed by atoms with van der Waals surface area (Å²) >= 11 is 12.5. The van der Waals surface area contributed by atoms with Crippen molar-refractivity contribution in [1.29, 1.82) is 0 Å². The fourth-order valence-electron chi connectivity index (χ4n) is 4.07. The number of rotatable bonds is 10. The van der Waals surface area contributed by atoms with Crippen molar-refractivity contribution in [2.75, 3.05) is 6.54 Å². The quantitative estimate of drug-likeness (QED) is 0.339. The first kappa shape index (κ1) is 26.1. The average Bonchev–Trinajstić information content (AvgIpc) is 2.82. The van der Waals surface area contributed by atoms with Crippen LogP contribution < -0.4 is 5.32 Å². The van der Waals surface area contributed by atoms with Gasteiger partial charge in [-0.2, -0.15) is 0 Å². The normalized spacial score (nSPS) is 12.1. The molecule has 1 atom stereocenters. The Bertz CT molecular complexity index is 1140. The Balaban J connectivity index is 1.84. The van der Waals surface area contributed by atoms with Gasteiger partial charge in [0.05, 0.1) is 0 Å². The van der Waals surface area contributed by atoms with Crippen LogP contribution in [0.1, 0.15) is 44.7 Å². The molecule has 1 N–H and O–H groups in total. The lowest BCUT2D eigenvalue weighted by molar-refractivity contribution is -0.141. The summed E-state index contributed by atoms with van der Waals surface area (Å²) in [6, 6.07) is 19.0. The van der Waals surface area contributed by atoms with Crippen LogP contribution in [0.4, 0.5) is 0 Å². The minimum atomic E-state index is -0.578. The van der Waals surface area contributed by atoms with Crippen LogP contribution in [0.5, 0.6) is 0 Å². The average molecular weight is 499 g/mol. The Kier molecular flexibility index (Phi) is 9.37. The summed E-state index contributed by atoms with van der Waals surface area (Å²) in [5.41, 5.74) is 1.88. The third-order valence-corrected chi connectivity index (χ3v) is 6.50. The van der Waals surface area contributed by atoms with Gasteiger partial charge in [0.2, 0.25) is 11.8 Å². The van der Waals surface area contributed by atoms with Crippen LogP contribution in [0.15, 0.2) is 60.7 Å². The summed E-state index contributed by atoms with van der Waals surface area (Å²) in [7, 11) is 0. The molecule has 0 aliphatic carbocycles. The van der Waals surface area contributed by atoms with Gasteiger partial charge in [0.25, 0.3) is 0 Å². The number of hydrogen-bond donors (Lipinski definition) is 1. The van der Waals surface area contributed by atoms with Crippen molar-refractivity contribution in [3.05, 3.63) is 81.8 Å². The zero-order valence-corrected chi connectivity index (χ0v) is 21.5. The van der Waals surface area contributed by atoms with Crippen molar-refractivity contribution in [1.82, 2.24) is 10.2 Å². The predicted octanol–water partition coefficient (Wildman–Crippen LogP) is 6.66. The highest BCUT2D eigenvalue weighted by Gasteiger charge is 2.29. The fourth-order valence-corrected chi connectivity index (χ4v) is 4.54. The lowest BCUT2D eigenvalue weighted by Crippen LogP contribution is -2.49. The zero-order valence-electron chi connectivity index (χ0n) is 20.0. The van der Waals surface area contributed by atoms with Crippen molar-refractivity contribution < 1.29 is 9.59 Å². The molecule has 0 heterocycles. The summed E-state index contributed by atoms with van der Waals surface area (Å²) in [5, 5.41) is 6.30. The van der Waals surface area contributed by atoms with Crippen LogP contribution in [0, 0.1) is 5.92 Å². The molecule has 3 aromatic rings. The standard InChI is InChI=1S/C28H32Cl2N2O2/c1-4-26(28(34)31-17-19(2)3)32(18-22-12-14-23(29)16-25(22)30)27(33)15-13-21-10-7-9-20-8-5-6-11-24(20)21/h5-12,14,16,19,26H,4,13,15,17-18H2,1-3H3,(H,31,34). The first-order valence-corrected chi connectivity index (χ1v) is 12.5. The third-order valence-electron chi connectivity index (χ3n) is 5.91. The van der Waals surface area contributed by atoms with Crippen LogP contribution >= 0.6 is 23.2 Å². The molecule has 3 rings (SSSR count). The molecule has 0 radical (unpaired) electrons. The number of halogens is 2. The zero-order chi connectivity index (χ0) is 24.7. The number of benzene rings is 3. The molecule has 2 amide bonds. The second-order valence-corrected chi connectivity index (χ2v) is 9.80. The minimum absolute atomic E-state index is 0.0782. The van der Waals surface area contributed by atoms with Gasteiger partial charge < -0.3 is 10.2 Å². The first-order chi connectivity index (χ1) is 16.3. The van der Waals surface area contributed by atoms with Gasteiger partial charge in [-0.1, -0.05) is 92.5 Å². The Labute approximate surface area is 212 Å². The summed E-state index contributed by atoms with van der Waals surface area (Å²) in [6.07, 6.45) is 1.40. The number of fused-ring (bicyclic) bond motifs is 1. The Morgan fingerprint density at radius 2 is 1.71 bits per heavy atom. The van der Waals surface area contributed by atoms with Crippen molar-refractivity contribution in [2.45, 2.75) is 52.6 Å². The van der Waals surface area contributed by atoms with E-state index in [4.69, 9.17) is 23.2 Å². The highest BCUT2D eigenvalue weighted by molar-refractivity contribution is 6.35. The van der Waals surface area contributed by atoms with E-state index in [1.807, 2.05) is 45.0 Å². The number of nitrogens with zero attached hydrogens (tertiary/aromatic N) is 1. The van der Waals surface area contributed by atoms with Crippen LogP contribution in [0.25, 0.3) is 10.8 Å². The molecule has 0 aromatic heterocycles. The van der Waals surface area contributed by atoms with Gasteiger partial charge in [0.15, 0.2) is 0 Å². The van der Waals surface area contributed by atoms with E-state index >= 15 is 0 Å². The molecule has 6 heteroatoms. The summed E-state index contributed by atoms with van der Waals surface area (Å²) in [4.78, 5) is 28.3. The molecule has 0 saturated heterocycles. The highest BCUT2D eigenvalue weighted by atomic mass is 35.5. The van der Waals surface area contributed by atoms with E-state index in [1.54, 1.807) is 17.0 Å². The molecule has 0 spiro atoms. The molecular formula is C28H32Cl2N2O2. The van der Waals surface area contributed by atoms with Gasteiger partial charge in [-0.05, 0) is 52.8 Å². The van der Waals surface area contributed by atoms with Crippen LogP contribution in [0.3, 0.4) is 0 Å². The molecule has 1 unspecified atom stereocenters. The molecule has 0 aliphatic heterocycles. The SMILES string of the molecule is CCC(C(=O)NCC(C)C)N(Cc1ccc(Cl)cc1Cl)C(=O)CCc1cccc2ccccc12. The smallest absolute Gasteiger partial charge is 0.242 e. The van der Waals surface area contributed by atoms with Gasteiger partial charge in [-0.15, -0.1) is 0 Å². The highest BCUT2D eigenvalue weighted by Crippen LogP contribution is 2.25. The molecule has 0 aliphatic rings. The van der Waals surface area contributed by atoms with Crippen molar-refractivity contribution in [3.63, 3.8) is 0 Å². The van der Waals surface area contributed by atoms with E-state index in [0.717, 1.165) is 21.9 Å². The Morgan fingerprint density at radius 1 is 0.971 bits per heavy atom. The summed E-state index contributed by atoms with van der Waals surface area (Å²) in [5.74, 6) is 0.105. The van der Waals surface area contributed by atoms with Crippen molar-refractivity contribution in [3.8, 4) is 0 Å². The topological polar surface area (TPSA) is 49.4 Å². The van der Waals surface area contributed by atoms with Crippen LogP contribution in [0.2, 0.25) is 10.0 Å². The van der Waals surface area contributed by atoms with E-state index in [-0.39, 0.29) is 18.4 Å². The molecule has 0 saturated carbocycles. The predicted molar refractivity (Wildman–Crippen MR) is 141 cm³/mol. The van der Waals surface area contributed by atoms with Crippen LogP contribution in [-0.4, -0.2) is 29.3 Å². The molecule has 180 valence electrons. The largest absolute Gasteiger partial charge is 0.354 e. The number of carbonyl (C=O) groups is 2. The third kappa shape index (κ3) is 6.74. The lowest BCUT2D eigenvalue weighted by atomic mass is 10.00. The Morgan fingerprint density at radius 3 is 2.41 bits per heavy atom. The van der Waals surface area contributed by atoms with Crippen molar-refractivity contribution in [2.24, 2.45) is 5.92 Å². The number of nitrogens with one attached hydrogen (secondary N) is 1. The van der Waals surface area contributed by atoms with E-state index in [2.05, 4.69) is 29.6 Å². The Hall–Kier alpha value is -2.56. The summed E-state index contributed by atoms with van der Waals surface area (Å²) in [6.45, 7) is 6.82. The van der Waals surface area contributed by atoms with E-state index in [9.17, 15) is 9.59 Å². The van der Waals surface area contributed by atoms with Crippen molar-refractivity contribution >= 4 is 45.8 Å². The first-order valence-electron chi connectivity index (χ1n) is 11.8. The number of carbonyl (C=O) groups excluding carboxylic acids is 2. The van der Waals surface area contributed by atoms with E-state index in [0.29, 0.717) is 41.8 Å². The maximum absolute atomic E-state index is 13.6. The molecule has 4 nitrogen and oxygen atoms in total. The minimum Gasteiger partial charge on any atom is -0.354 e.